The zero-order valence-electron chi connectivity index (χ0n) is 12.0. The van der Waals surface area contributed by atoms with E-state index in [9.17, 15) is 0 Å². The summed E-state index contributed by atoms with van der Waals surface area (Å²) in [6, 6.07) is 1.31. The Labute approximate surface area is 139 Å². The number of rotatable bonds is 4. The van der Waals surface area contributed by atoms with E-state index in [4.69, 9.17) is 0 Å². The molecule has 0 saturated carbocycles. The Balaban J connectivity index is 0.00000133. The van der Waals surface area contributed by atoms with Gasteiger partial charge >= 0.3 is 29.6 Å². The molecule has 0 unspecified atom stereocenters. The number of hydrogen-bond acceptors (Lipinski definition) is 0. The molecule has 19 heavy (non-hydrogen) atoms. The van der Waals surface area contributed by atoms with Crippen LogP contribution in [-0.2, 0) is 0 Å². The Morgan fingerprint density at radius 3 is 1.37 bits per heavy atom. The smallest absolute Gasteiger partial charge is 0.0808 e. The standard InChI is InChI=1S/C17H20Si.Na/c1-2-18(15-9-3-4-10-15,16-11-5-6-12-16)17-13-7-8-14-17;/h3-9,11,13H,2,10,12,14H2,1H3;/q;+1. The first-order valence-corrected chi connectivity index (χ1v) is 9.17. The van der Waals surface area contributed by atoms with Gasteiger partial charge in [0.15, 0.2) is 0 Å². The van der Waals surface area contributed by atoms with Gasteiger partial charge < -0.3 is 0 Å². The number of allylic oxidation sites excluding steroid dienone is 12. The summed E-state index contributed by atoms with van der Waals surface area (Å²) in [6.45, 7) is 2.39. The molecule has 0 amide bonds. The van der Waals surface area contributed by atoms with Gasteiger partial charge in [-0.15, -0.1) is 0 Å². The van der Waals surface area contributed by atoms with Gasteiger partial charge in [0.1, 0.15) is 8.07 Å². The second-order valence-electron chi connectivity index (χ2n) is 5.23. The zero-order chi connectivity index (χ0) is 12.4. The van der Waals surface area contributed by atoms with Gasteiger partial charge in [-0.05, 0) is 25.3 Å². The minimum absolute atomic E-state index is 0. The van der Waals surface area contributed by atoms with Gasteiger partial charge in [0, 0.05) is 0 Å². The van der Waals surface area contributed by atoms with Crippen LogP contribution in [0.25, 0.3) is 0 Å². The van der Waals surface area contributed by atoms with E-state index in [-0.39, 0.29) is 29.6 Å². The fourth-order valence-corrected chi connectivity index (χ4v) is 8.73. The van der Waals surface area contributed by atoms with E-state index >= 15 is 0 Å². The summed E-state index contributed by atoms with van der Waals surface area (Å²) in [5.41, 5.74) is 0. The van der Waals surface area contributed by atoms with Gasteiger partial charge in [0.25, 0.3) is 0 Å². The second-order valence-corrected chi connectivity index (χ2v) is 9.68. The van der Waals surface area contributed by atoms with Crippen LogP contribution < -0.4 is 29.6 Å². The summed E-state index contributed by atoms with van der Waals surface area (Å²) in [6.07, 6.45) is 24.4. The van der Waals surface area contributed by atoms with Crippen LogP contribution in [0.5, 0.6) is 0 Å². The van der Waals surface area contributed by atoms with Crippen molar-refractivity contribution in [1.82, 2.24) is 0 Å². The van der Waals surface area contributed by atoms with Crippen molar-refractivity contribution in [3.63, 3.8) is 0 Å². The SMILES string of the molecule is CC[Si](C1=CC=CC1)(C1=CC=CC1)C1=CC=CC1.[Na+]. The fraction of sp³-hybridized carbons (Fsp3) is 0.294. The molecule has 0 N–H and O–H groups in total. The van der Waals surface area contributed by atoms with Gasteiger partial charge in [0.05, 0.1) is 0 Å². The van der Waals surface area contributed by atoms with Crippen molar-refractivity contribution >= 4 is 8.07 Å². The Bertz CT molecular complexity index is 455. The maximum atomic E-state index is 2.40. The Hall–Kier alpha value is -0.343. The van der Waals surface area contributed by atoms with Crippen molar-refractivity contribution in [3.05, 3.63) is 70.3 Å². The third-order valence-electron chi connectivity index (χ3n) is 4.49. The molecule has 2 heteroatoms. The quantitative estimate of drug-likeness (QED) is 0.686. The summed E-state index contributed by atoms with van der Waals surface area (Å²) in [5, 5.41) is 5.15. The molecule has 0 nitrogen and oxygen atoms in total. The van der Waals surface area contributed by atoms with Crippen molar-refractivity contribution in [2.75, 3.05) is 0 Å². The monoisotopic (exact) mass is 275 g/mol. The molecule has 0 fully saturated rings. The van der Waals surface area contributed by atoms with Gasteiger partial charge in [-0.3, -0.25) is 0 Å². The van der Waals surface area contributed by atoms with Gasteiger partial charge in [-0.2, -0.15) is 0 Å². The summed E-state index contributed by atoms with van der Waals surface area (Å²) in [4.78, 5) is 0. The molecule has 0 aromatic heterocycles. The molecule has 3 aliphatic carbocycles. The van der Waals surface area contributed by atoms with Crippen LogP contribution in [0.2, 0.25) is 6.04 Å². The first-order chi connectivity index (χ1) is 8.88. The van der Waals surface area contributed by atoms with Crippen LogP contribution in [0.1, 0.15) is 26.2 Å². The van der Waals surface area contributed by atoms with Crippen molar-refractivity contribution < 1.29 is 29.6 Å². The minimum Gasteiger partial charge on any atom is -0.0808 e. The molecule has 3 aliphatic rings. The molecular weight excluding hydrogens is 255 g/mol. The molecule has 0 radical (unpaired) electrons. The van der Waals surface area contributed by atoms with E-state index in [0.29, 0.717) is 0 Å². The third-order valence-corrected chi connectivity index (χ3v) is 9.95. The van der Waals surface area contributed by atoms with Crippen LogP contribution in [0.15, 0.2) is 70.3 Å². The van der Waals surface area contributed by atoms with Crippen LogP contribution >= 0.6 is 0 Å². The Morgan fingerprint density at radius 1 is 0.789 bits per heavy atom. The molecule has 0 aromatic rings. The van der Waals surface area contributed by atoms with Crippen LogP contribution in [0.3, 0.4) is 0 Å². The molecule has 0 aliphatic heterocycles. The molecule has 0 heterocycles. The van der Waals surface area contributed by atoms with E-state index < -0.39 is 8.07 Å². The predicted octanol–water partition coefficient (Wildman–Crippen LogP) is 1.74. The topological polar surface area (TPSA) is 0 Å². The summed E-state index contributed by atoms with van der Waals surface area (Å²) >= 11 is 0. The van der Waals surface area contributed by atoms with Gasteiger partial charge in [-0.25, -0.2) is 0 Å². The largest absolute Gasteiger partial charge is 1.00 e. The van der Waals surface area contributed by atoms with E-state index in [1.165, 1.54) is 25.3 Å². The molecule has 0 saturated heterocycles. The fourth-order valence-electron chi connectivity index (χ4n) is 3.59. The van der Waals surface area contributed by atoms with Crippen molar-refractivity contribution in [3.8, 4) is 0 Å². The van der Waals surface area contributed by atoms with Crippen molar-refractivity contribution in [2.45, 2.75) is 32.2 Å². The van der Waals surface area contributed by atoms with Crippen LogP contribution in [0.4, 0.5) is 0 Å². The third kappa shape index (κ3) is 2.49. The van der Waals surface area contributed by atoms with Crippen LogP contribution in [0, 0.1) is 0 Å². The molecule has 92 valence electrons. The minimum atomic E-state index is -1.57. The maximum absolute atomic E-state index is 2.40. The van der Waals surface area contributed by atoms with E-state index in [0.717, 1.165) is 0 Å². The molecule has 3 rings (SSSR count). The molecule has 0 spiro atoms. The summed E-state index contributed by atoms with van der Waals surface area (Å²) in [7, 11) is -1.57. The van der Waals surface area contributed by atoms with Crippen molar-refractivity contribution in [1.29, 1.82) is 0 Å². The molecule has 0 bridgehead atoms. The van der Waals surface area contributed by atoms with Gasteiger partial charge in [0.2, 0.25) is 0 Å². The Kier molecular flexibility index (Phi) is 5.07. The first kappa shape index (κ1) is 15.1. The number of hydrogen-bond donors (Lipinski definition) is 0. The van der Waals surface area contributed by atoms with E-state index in [1.54, 1.807) is 15.6 Å². The van der Waals surface area contributed by atoms with Gasteiger partial charge in [-0.1, -0.05) is 77.2 Å². The van der Waals surface area contributed by atoms with E-state index in [1.807, 2.05) is 0 Å². The molecule has 0 atom stereocenters. The zero-order valence-corrected chi connectivity index (χ0v) is 15.0. The van der Waals surface area contributed by atoms with Crippen LogP contribution in [-0.4, -0.2) is 8.07 Å². The molecule has 0 aromatic carbocycles. The van der Waals surface area contributed by atoms with Crippen molar-refractivity contribution in [2.24, 2.45) is 0 Å². The normalized spacial score (nSPS) is 20.4. The first-order valence-electron chi connectivity index (χ1n) is 6.96. The predicted molar refractivity (Wildman–Crippen MR) is 81.8 cm³/mol. The molecular formula is C17H20NaSi+. The second kappa shape index (κ2) is 6.40. The maximum Gasteiger partial charge on any atom is 1.00 e. The Morgan fingerprint density at radius 2 is 1.16 bits per heavy atom. The summed E-state index contributed by atoms with van der Waals surface area (Å²) in [5.74, 6) is 0. The average Bonchev–Trinajstić information content (AvgIpc) is 3.16. The average molecular weight is 275 g/mol. The van der Waals surface area contributed by atoms with E-state index in [2.05, 4.69) is 61.6 Å². The summed E-state index contributed by atoms with van der Waals surface area (Å²) < 4.78 is 0.